The zero-order valence-corrected chi connectivity index (χ0v) is 20.1. The van der Waals surface area contributed by atoms with E-state index in [9.17, 15) is 0 Å². The third kappa shape index (κ3) is 5.84. The molecule has 31 heavy (non-hydrogen) atoms. The lowest BCUT2D eigenvalue weighted by atomic mass is 10.2. The fraction of sp³-hybridized carbons (Fsp3) is 0.261. The van der Waals surface area contributed by atoms with Gasteiger partial charge in [-0.3, -0.25) is 4.99 Å². The van der Waals surface area contributed by atoms with Crippen LogP contribution in [0.2, 0.25) is 0 Å². The average molecular weight is 529 g/mol. The van der Waals surface area contributed by atoms with E-state index in [1.807, 2.05) is 55.7 Å². The number of nitrogens with one attached hydrogen (secondary N) is 3. The Bertz CT molecular complexity index is 1080. The van der Waals surface area contributed by atoms with Crippen molar-refractivity contribution in [3.63, 3.8) is 0 Å². The first-order chi connectivity index (χ1) is 14.7. The second kappa shape index (κ2) is 10.9. The Morgan fingerprint density at radius 1 is 1.03 bits per heavy atom. The molecule has 0 aliphatic carbocycles. The summed E-state index contributed by atoms with van der Waals surface area (Å²) >= 11 is 0. The van der Waals surface area contributed by atoms with Gasteiger partial charge in [0, 0.05) is 26.6 Å². The summed E-state index contributed by atoms with van der Waals surface area (Å²) in [6.07, 6.45) is 2.64. The highest BCUT2D eigenvalue weighted by Crippen LogP contribution is 2.16. The van der Waals surface area contributed by atoms with Crippen LogP contribution >= 0.6 is 24.0 Å². The molecule has 7 nitrogen and oxygen atoms in total. The van der Waals surface area contributed by atoms with E-state index in [1.165, 1.54) is 0 Å². The van der Waals surface area contributed by atoms with Crippen molar-refractivity contribution in [3.8, 4) is 11.3 Å². The number of benzene rings is 2. The largest absolute Gasteiger partial charge is 0.357 e. The molecule has 0 spiro atoms. The first kappa shape index (κ1) is 22.8. The van der Waals surface area contributed by atoms with Crippen molar-refractivity contribution in [2.45, 2.75) is 19.9 Å². The van der Waals surface area contributed by atoms with Crippen molar-refractivity contribution in [3.05, 3.63) is 72.4 Å². The normalized spacial score (nSPS) is 11.4. The average Bonchev–Trinajstić information content (AvgIpc) is 3.40. The molecule has 4 rings (SSSR count). The van der Waals surface area contributed by atoms with Gasteiger partial charge in [-0.1, -0.05) is 42.5 Å². The van der Waals surface area contributed by atoms with Crippen molar-refractivity contribution < 1.29 is 0 Å². The van der Waals surface area contributed by atoms with Crippen LogP contribution in [-0.4, -0.2) is 50.9 Å². The molecule has 2 aromatic heterocycles. The van der Waals surface area contributed by atoms with Crippen LogP contribution in [0.1, 0.15) is 18.6 Å². The molecule has 3 N–H and O–H groups in total. The minimum absolute atomic E-state index is 0. The van der Waals surface area contributed by atoms with Gasteiger partial charge in [-0.2, -0.15) is 0 Å². The van der Waals surface area contributed by atoms with Gasteiger partial charge in [-0.15, -0.1) is 24.0 Å². The number of imidazole rings is 2. The molecule has 0 saturated heterocycles. The number of guanidine groups is 1. The maximum atomic E-state index is 4.77. The van der Waals surface area contributed by atoms with Gasteiger partial charge < -0.3 is 20.2 Å². The van der Waals surface area contributed by atoms with Gasteiger partial charge in [0.15, 0.2) is 5.96 Å². The molecule has 0 saturated carbocycles. The SMILES string of the molecule is CCNC(=NCCc1nc2ccccc2[nH]1)N(C)Cc1ncc(-c2ccccc2)[nH]1.I. The first-order valence-corrected chi connectivity index (χ1v) is 10.3. The highest BCUT2D eigenvalue weighted by atomic mass is 127. The number of para-hydroxylation sites is 2. The number of hydrogen-bond acceptors (Lipinski definition) is 3. The molecule has 0 aliphatic heterocycles. The number of aliphatic imine (C=N–C) groups is 1. The van der Waals surface area contributed by atoms with Crippen LogP contribution in [0.5, 0.6) is 0 Å². The summed E-state index contributed by atoms with van der Waals surface area (Å²) in [5.74, 6) is 2.71. The standard InChI is InChI=1S/C23H27N7.HI/c1-3-24-23(25-14-13-21-27-18-11-7-8-12-19(18)28-21)30(2)16-22-26-15-20(29-22)17-9-5-4-6-10-17;/h4-12,15H,3,13-14,16H2,1-2H3,(H,24,25)(H,26,29)(H,27,28);1H. The monoisotopic (exact) mass is 529 g/mol. The van der Waals surface area contributed by atoms with Gasteiger partial charge in [-0.25, -0.2) is 9.97 Å². The van der Waals surface area contributed by atoms with E-state index >= 15 is 0 Å². The van der Waals surface area contributed by atoms with E-state index in [-0.39, 0.29) is 24.0 Å². The van der Waals surface area contributed by atoms with Crippen LogP contribution < -0.4 is 5.32 Å². The minimum Gasteiger partial charge on any atom is -0.357 e. The smallest absolute Gasteiger partial charge is 0.194 e. The van der Waals surface area contributed by atoms with E-state index < -0.39 is 0 Å². The third-order valence-corrected chi connectivity index (χ3v) is 4.85. The van der Waals surface area contributed by atoms with Gasteiger partial charge >= 0.3 is 0 Å². The number of halogens is 1. The Balaban J connectivity index is 0.00000272. The number of aromatic nitrogens is 4. The van der Waals surface area contributed by atoms with E-state index in [1.54, 1.807) is 0 Å². The summed E-state index contributed by atoms with van der Waals surface area (Å²) in [6.45, 7) is 4.17. The van der Waals surface area contributed by atoms with Gasteiger partial charge in [0.05, 0.1) is 29.5 Å². The highest BCUT2D eigenvalue weighted by molar-refractivity contribution is 14.0. The zero-order chi connectivity index (χ0) is 20.8. The second-order valence-electron chi connectivity index (χ2n) is 7.15. The van der Waals surface area contributed by atoms with Crippen molar-refractivity contribution >= 4 is 41.0 Å². The predicted octanol–water partition coefficient (Wildman–Crippen LogP) is 4.21. The van der Waals surface area contributed by atoms with Gasteiger partial charge in [0.25, 0.3) is 0 Å². The number of fused-ring (bicyclic) bond motifs is 1. The molecular weight excluding hydrogens is 501 g/mol. The van der Waals surface area contributed by atoms with Crippen molar-refractivity contribution in [2.24, 2.45) is 4.99 Å². The molecule has 0 radical (unpaired) electrons. The summed E-state index contributed by atoms with van der Waals surface area (Å²) < 4.78 is 0. The summed E-state index contributed by atoms with van der Waals surface area (Å²) in [5.41, 5.74) is 4.20. The molecule has 2 aromatic carbocycles. The molecule has 0 amide bonds. The van der Waals surface area contributed by atoms with E-state index in [0.717, 1.165) is 52.9 Å². The number of aromatic amines is 2. The molecule has 0 unspecified atom stereocenters. The molecule has 8 heteroatoms. The fourth-order valence-electron chi connectivity index (χ4n) is 3.37. The van der Waals surface area contributed by atoms with Crippen LogP contribution in [0.3, 0.4) is 0 Å². The van der Waals surface area contributed by atoms with Crippen LogP contribution in [0.4, 0.5) is 0 Å². The fourth-order valence-corrected chi connectivity index (χ4v) is 3.37. The van der Waals surface area contributed by atoms with Crippen LogP contribution in [-0.2, 0) is 13.0 Å². The Kier molecular flexibility index (Phi) is 8.05. The van der Waals surface area contributed by atoms with E-state index in [0.29, 0.717) is 13.1 Å². The zero-order valence-electron chi connectivity index (χ0n) is 17.8. The summed E-state index contributed by atoms with van der Waals surface area (Å²) in [5, 5.41) is 3.36. The Morgan fingerprint density at radius 3 is 2.58 bits per heavy atom. The third-order valence-electron chi connectivity index (χ3n) is 4.85. The summed E-state index contributed by atoms with van der Waals surface area (Å²) in [6, 6.07) is 18.3. The lowest BCUT2D eigenvalue weighted by Gasteiger charge is -2.21. The van der Waals surface area contributed by atoms with Crippen LogP contribution in [0, 0.1) is 0 Å². The molecule has 162 valence electrons. The number of H-pyrrole nitrogens is 2. The van der Waals surface area contributed by atoms with Crippen LogP contribution in [0.25, 0.3) is 22.3 Å². The lowest BCUT2D eigenvalue weighted by molar-refractivity contribution is 0.464. The minimum atomic E-state index is 0. The Hall–Kier alpha value is -2.88. The number of nitrogens with zero attached hydrogens (tertiary/aromatic N) is 4. The second-order valence-corrected chi connectivity index (χ2v) is 7.15. The van der Waals surface area contributed by atoms with Crippen molar-refractivity contribution in [1.29, 1.82) is 0 Å². The maximum Gasteiger partial charge on any atom is 0.194 e. The first-order valence-electron chi connectivity index (χ1n) is 10.3. The van der Waals surface area contributed by atoms with Gasteiger partial charge in [0.2, 0.25) is 0 Å². The van der Waals surface area contributed by atoms with Crippen molar-refractivity contribution in [2.75, 3.05) is 20.1 Å². The van der Waals surface area contributed by atoms with Crippen molar-refractivity contribution in [1.82, 2.24) is 30.2 Å². The molecule has 0 bridgehead atoms. The predicted molar refractivity (Wildman–Crippen MR) is 137 cm³/mol. The maximum absolute atomic E-state index is 4.77. The molecule has 0 aliphatic rings. The lowest BCUT2D eigenvalue weighted by Crippen LogP contribution is -2.38. The molecule has 0 fully saturated rings. The summed E-state index contributed by atoms with van der Waals surface area (Å²) in [4.78, 5) is 22.8. The highest BCUT2D eigenvalue weighted by Gasteiger charge is 2.10. The van der Waals surface area contributed by atoms with E-state index in [2.05, 4.69) is 49.2 Å². The molecule has 2 heterocycles. The quantitative estimate of drug-likeness (QED) is 0.190. The molecular formula is C23H28IN7. The Labute approximate surface area is 199 Å². The molecule has 0 atom stereocenters. The van der Waals surface area contributed by atoms with E-state index in [4.69, 9.17) is 4.99 Å². The number of hydrogen-bond donors (Lipinski definition) is 3. The summed E-state index contributed by atoms with van der Waals surface area (Å²) in [7, 11) is 2.02. The Morgan fingerprint density at radius 2 is 1.81 bits per heavy atom. The topological polar surface area (TPSA) is 85.0 Å². The van der Waals surface area contributed by atoms with Gasteiger partial charge in [0.1, 0.15) is 11.6 Å². The number of rotatable bonds is 7. The van der Waals surface area contributed by atoms with Crippen LogP contribution in [0.15, 0.2) is 65.8 Å². The van der Waals surface area contributed by atoms with Gasteiger partial charge in [-0.05, 0) is 24.6 Å². The molecule has 4 aromatic rings.